The molecule has 0 bridgehead atoms. The second-order valence-electron chi connectivity index (χ2n) is 6.09. The van der Waals surface area contributed by atoms with Gasteiger partial charge >= 0.3 is 0 Å². The lowest BCUT2D eigenvalue weighted by Gasteiger charge is -2.26. The molecule has 5 nitrogen and oxygen atoms in total. The quantitative estimate of drug-likeness (QED) is 0.768. The van der Waals surface area contributed by atoms with Gasteiger partial charge in [0.25, 0.3) is 0 Å². The molecule has 0 saturated carbocycles. The fourth-order valence-electron chi connectivity index (χ4n) is 2.85. The van der Waals surface area contributed by atoms with Crippen LogP contribution in [-0.2, 0) is 18.3 Å². The molecule has 1 aliphatic rings. The average molecular weight is 292 g/mol. The molecule has 0 radical (unpaired) electrons. The summed E-state index contributed by atoms with van der Waals surface area (Å²) in [7, 11) is 3.82. The zero-order valence-corrected chi connectivity index (χ0v) is 13.4. The van der Waals surface area contributed by atoms with Crippen LogP contribution in [0.3, 0.4) is 0 Å². The van der Waals surface area contributed by atoms with Crippen LogP contribution in [0.25, 0.3) is 0 Å². The van der Waals surface area contributed by atoms with Gasteiger partial charge in [0.05, 0.1) is 6.20 Å². The van der Waals surface area contributed by atoms with Crippen LogP contribution >= 0.6 is 0 Å². The molecule has 2 heterocycles. The summed E-state index contributed by atoms with van der Waals surface area (Å²) >= 11 is 0. The summed E-state index contributed by atoms with van der Waals surface area (Å²) in [5, 5.41) is 4.15. The second-order valence-corrected chi connectivity index (χ2v) is 6.09. The summed E-state index contributed by atoms with van der Waals surface area (Å²) in [5.74, 6) is 0.260. The lowest BCUT2D eigenvalue weighted by molar-refractivity contribution is -0.130. The van der Waals surface area contributed by atoms with E-state index in [1.807, 2.05) is 31.4 Å². The number of aromatic nitrogens is 2. The van der Waals surface area contributed by atoms with Gasteiger partial charge in [0.2, 0.25) is 5.91 Å². The van der Waals surface area contributed by atoms with E-state index in [0.29, 0.717) is 6.42 Å². The summed E-state index contributed by atoms with van der Waals surface area (Å²) in [4.78, 5) is 16.4. The van der Waals surface area contributed by atoms with Gasteiger partial charge in [-0.05, 0) is 50.9 Å². The van der Waals surface area contributed by atoms with Gasteiger partial charge in [-0.15, -0.1) is 0 Å². The Hall–Kier alpha value is -1.36. The number of hydrogen-bond acceptors (Lipinski definition) is 3. The Morgan fingerprint density at radius 1 is 1.33 bits per heavy atom. The molecule has 0 aliphatic carbocycles. The molecule has 0 spiro atoms. The number of likely N-dealkylation sites (N-methyl/N-ethyl adjacent to an activating group) is 1. The number of carbonyl (C=O) groups excluding carboxylic acids is 1. The van der Waals surface area contributed by atoms with Crippen molar-refractivity contribution < 1.29 is 4.79 Å². The maximum atomic E-state index is 12.1. The minimum Gasteiger partial charge on any atom is -0.345 e. The average Bonchev–Trinajstić information content (AvgIpc) is 2.91. The van der Waals surface area contributed by atoms with E-state index in [0.717, 1.165) is 25.9 Å². The second kappa shape index (κ2) is 8.17. The molecule has 0 N–H and O–H groups in total. The monoisotopic (exact) mass is 292 g/mol. The molecule has 1 saturated heterocycles. The normalized spacial score (nSPS) is 16.1. The topological polar surface area (TPSA) is 41.4 Å². The first-order valence-electron chi connectivity index (χ1n) is 8.09. The third-order valence-corrected chi connectivity index (χ3v) is 4.23. The van der Waals surface area contributed by atoms with Gasteiger partial charge in [0.15, 0.2) is 0 Å². The third-order valence-electron chi connectivity index (χ3n) is 4.23. The van der Waals surface area contributed by atoms with Crippen molar-refractivity contribution in [1.29, 1.82) is 0 Å². The van der Waals surface area contributed by atoms with E-state index >= 15 is 0 Å². The molecule has 1 fully saturated rings. The molecule has 1 amide bonds. The lowest BCUT2D eigenvalue weighted by Crippen LogP contribution is -2.32. The maximum Gasteiger partial charge on any atom is 0.222 e. The highest BCUT2D eigenvalue weighted by Crippen LogP contribution is 2.10. The van der Waals surface area contributed by atoms with E-state index in [1.54, 1.807) is 4.68 Å². The number of carbonyl (C=O) groups is 1. The van der Waals surface area contributed by atoms with Crippen molar-refractivity contribution in [2.24, 2.45) is 7.05 Å². The standard InChI is InChI=1S/C16H28N4O/c1-18(12-8-15-13-17-19(2)14-15)16(21)7-6-11-20-9-4-3-5-10-20/h13-14H,3-12H2,1-2H3. The fourth-order valence-corrected chi connectivity index (χ4v) is 2.85. The Balaban J connectivity index is 1.60. The van der Waals surface area contributed by atoms with Crippen molar-refractivity contribution in [3.05, 3.63) is 18.0 Å². The van der Waals surface area contributed by atoms with Gasteiger partial charge < -0.3 is 9.80 Å². The first-order chi connectivity index (χ1) is 10.1. The zero-order chi connectivity index (χ0) is 15.1. The van der Waals surface area contributed by atoms with Gasteiger partial charge in [-0.3, -0.25) is 9.48 Å². The van der Waals surface area contributed by atoms with Crippen molar-refractivity contribution in [1.82, 2.24) is 19.6 Å². The molecule has 0 atom stereocenters. The molecule has 118 valence electrons. The van der Waals surface area contributed by atoms with Crippen LogP contribution in [0.1, 0.15) is 37.7 Å². The van der Waals surface area contributed by atoms with Crippen molar-refractivity contribution in [2.75, 3.05) is 33.2 Å². The number of aryl methyl sites for hydroxylation is 1. The molecule has 2 rings (SSSR count). The van der Waals surface area contributed by atoms with Crippen LogP contribution in [0.5, 0.6) is 0 Å². The van der Waals surface area contributed by atoms with Gasteiger partial charge in [-0.25, -0.2) is 0 Å². The SMILES string of the molecule is CN(CCc1cnn(C)c1)C(=O)CCCN1CCCCC1. The Morgan fingerprint density at radius 3 is 2.76 bits per heavy atom. The van der Waals surface area contributed by atoms with Crippen LogP contribution in [0.2, 0.25) is 0 Å². The predicted octanol–water partition coefficient (Wildman–Crippen LogP) is 1.69. The van der Waals surface area contributed by atoms with E-state index < -0.39 is 0 Å². The summed E-state index contributed by atoms with van der Waals surface area (Å²) in [6.07, 6.45) is 10.4. The highest BCUT2D eigenvalue weighted by Gasteiger charge is 2.12. The van der Waals surface area contributed by atoms with E-state index in [1.165, 1.54) is 37.9 Å². The zero-order valence-electron chi connectivity index (χ0n) is 13.4. The molecule has 1 aliphatic heterocycles. The van der Waals surface area contributed by atoms with Crippen molar-refractivity contribution >= 4 is 5.91 Å². The fraction of sp³-hybridized carbons (Fsp3) is 0.750. The van der Waals surface area contributed by atoms with Crippen LogP contribution in [-0.4, -0.2) is 58.7 Å². The molecule has 5 heteroatoms. The largest absolute Gasteiger partial charge is 0.345 e. The number of hydrogen-bond donors (Lipinski definition) is 0. The smallest absolute Gasteiger partial charge is 0.222 e. The maximum absolute atomic E-state index is 12.1. The van der Waals surface area contributed by atoms with Gasteiger partial charge in [0.1, 0.15) is 0 Å². The molecule has 1 aromatic rings. The van der Waals surface area contributed by atoms with Crippen LogP contribution in [0.15, 0.2) is 12.4 Å². The molecule has 21 heavy (non-hydrogen) atoms. The highest BCUT2D eigenvalue weighted by molar-refractivity contribution is 5.75. The van der Waals surface area contributed by atoms with Crippen LogP contribution in [0.4, 0.5) is 0 Å². The summed E-state index contributed by atoms with van der Waals surface area (Å²) in [6, 6.07) is 0. The Kier molecular flexibility index (Phi) is 6.23. The lowest BCUT2D eigenvalue weighted by atomic mass is 10.1. The number of piperidine rings is 1. The van der Waals surface area contributed by atoms with E-state index in [-0.39, 0.29) is 5.91 Å². The predicted molar refractivity (Wildman–Crippen MR) is 84.1 cm³/mol. The number of likely N-dealkylation sites (tertiary alicyclic amines) is 1. The molecule has 0 aromatic carbocycles. The summed E-state index contributed by atoms with van der Waals surface area (Å²) < 4.78 is 1.80. The molecule has 0 unspecified atom stereocenters. The minimum atomic E-state index is 0.260. The van der Waals surface area contributed by atoms with Crippen molar-refractivity contribution in [2.45, 2.75) is 38.5 Å². The molecular formula is C16H28N4O. The first kappa shape index (κ1) is 16.0. The van der Waals surface area contributed by atoms with E-state index in [9.17, 15) is 4.79 Å². The number of nitrogens with zero attached hydrogens (tertiary/aromatic N) is 4. The number of amides is 1. The summed E-state index contributed by atoms with van der Waals surface area (Å²) in [6.45, 7) is 4.27. The van der Waals surface area contributed by atoms with Crippen molar-refractivity contribution in [3.8, 4) is 0 Å². The van der Waals surface area contributed by atoms with E-state index in [4.69, 9.17) is 0 Å². The Bertz CT molecular complexity index is 437. The van der Waals surface area contributed by atoms with Gasteiger partial charge in [-0.2, -0.15) is 5.10 Å². The van der Waals surface area contributed by atoms with E-state index in [2.05, 4.69) is 10.00 Å². The van der Waals surface area contributed by atoms with Crippen LogP contribution in [0, 0.1) is 0 Å². The minimum absolute atomic E-state index is 0.260. The first-order valence-corrected chi connectivity index (χ1v) is 8.09. The number of rotatable bonds is 7. The third kappa shape index (κ3) is 5.50. The van der Waals surface area contributed by atoms with Gasteiger partial charge in [-0.1, -0.05) is 6.42 Å². The van der Waals surface area contributed by atoms with Gasteiger partial charge in [0, 0.05) is 33.3 Å². The van der Waals surface area contributed by atoms with Crippen molar-refractivity contribution in [3.63, 3.8) is 0 Å². The Labute approximate surface area is 127 Å². The molecular weight excluding hydrogens is 264 g/mol. The van der Waals surface area contributed by atoms with Crippen LogP contribution < -0.4 is 0 Å². The highest BCUT2D eigenvalue weighted by atomic mass is 16.2. The Morgan fingerprint density at radius 2 is 2.10 bits per heavy atom. The molecule has 1 aromatic heterocycles. The summed E-state index contributed by atoms with van der Waals surface area (Å²) in [5.41, 5.74) is 1.19.